The van der Waals surface area contributed by atoms with Gasteiger partial charge in [0, 0.05) is 55.0 Å². The molecule has 0 fully saturated rings. The number of urea groups is 1. The number of aliphatic imine (C=N–C) groups is 1. The van der Waals surface area contributed by atoms with Crippen molar-refractivity contribution in [3.8, 4) is 0 Å². The highest BCUT2D eigenvalue weighted by Crippen LogP contribution is 2.38. The minimum absolute atomic E-state index is 0. The number of nitrogens with zero attached hydrogens (tertiary/aromatic N) is 5. The van der Waals surface area contributed by atoms with Crippen molar-refractivity contribution in [2.24, 2.45) is 4.99 Å². The Bertz CT molecular complexity index is 2120. The number of aromatic nitrogens is 4. The second kappa shape index (κ2) is 19.8. The SMILES string of the molecule is C.CC(C)NC(=O)Nc1c(Cl)c(C(=O)Nc2ccnc(Cl)c2)n2c1CCC2.C[C@@H](N=C=O)C(F)(F)F.Nc1c(Cl)c(C(=O)Cc2ccnc(F)c2)n2c1CCC2. The number of fused-ring (bicyclic) bond motifs is 2. The number of amides is 3. The molecule has 0 bridgehead atoms. The summed E-state index contributed by atoms with van der Waals surface area (Å²) in [6.45, 7) is 5.93. The maximum absolute atomic E-state index is 13.0. The number of hydrogen-bond acceptors (Lipinski definition) is 8. The van der Waals surface area contributed by atoms with Crippen molar-refractivity contribution in [3.63, 3.8) is 0 Å². The number of halogens is 7. The fourth-order valence-corrected chi connectivity index (χ4v) is 6.63. The Morgan fingerprint density at radius 1 is 0.946 bits per heavy atom. The van der Waals surface area contributed by atoms with E-state index in [0.717, 1.165) is 56.6 Å². The first-order valence-corrected chi connectivity index (χ1v) is 17.9. The lowest BCUT2D eigenvalue weighted by Gasteiger charge is -2.10. The van der Waals surface area contributed by atoms with Gasteiger partial charge in [-0.2, -0.15) is 22.6 Å². The molecule has 6 rings (SSSR count). The Labute approximate surface area is 335 Å². The predicted molar refractivity (Wildman–Crippen MR) is 207 cm³/mol. The number of carbonyl (C=O) groups excluding carboxylic acids is 4. The lowest BCUT2D eigenvalue weighted by molar-refractivity contribution is -0.142. The second-order valence-corrected chi connectivity index (χ2v) is 13.8. The van der Waals surface area contributed by atoms with Crippen LogP contribution in [0, 0.1) is 5.95 Å². The van der Waals surface area contributed by atoms with Gasteiger partial charge in [0.25, 0.3) is 5.91 Å². The first-order valence-electron chi connectivity index (χ1n) is 16.8. The van der Waals surface area contributed by atoms with Gasteiger partial charge in [0.2, 0.25) is 12.0 Å². The number of anilines is 3. The van der Waals surface area contributed by atoms with Gasteiger partial charge >= 0.3 is 12.2 Å². The molecule has 0 saturated carbocycles. The number of hydrogen-bond donors (Lipinski definition) is 4. The van der Waals surface area contributed by atoms with Crippen molar-refractivity contribution in [2.75, 3.05) is 16.4 Å². The molecule has 56 heavy (non-hydrogen) atoms. The Hall–Kier alpha value is -4.96. The molecule has 0 spiro atoms. The number of nitrogens with one attached hydrogen (secondary N) is 3. The van der Waals surface area contributed by atoms with E-state index in [-0.39, 0.29) is 47.8 Å². The summed E-state index contributed by atoms with van der Waals surface area (Å²) in [5.41, 5.74) is 10.6. The van der Waals surface area contributed by atoms with Crippen LogP contribution in [0.1, 0.15) is 79.0 Å². The van der Waals surface area contributed by atoms with Crippen LogP contribution in [0.15, 0.2) is 41.7 Å². The largest absolute Gasteiger partial charge is 0.411 e. The Balaban J connectivity index is 0.000000249. The number of Topliss-reactive ketones (excluding diaryl/α,β-unsaturated/α-hetero) is 1. The van der Waals surface area contributed by atoms with E-state index in [1.54, 1.807) is 18.2 Å². The highest BCUT2D eigenvalue weighted by molar-refractivity contribution is 6.38. The lowest BCUT2D eigenvalue weighted by Crippen LogP contribution is -2.34. The molecule has 0 aromatic carbocycles. The van der Waals surface area contributed by atoms with E-state index in [1.165, 1.54) is 18.5 Å². The molecular formula is C36H40Cl3F4N9O4. The van der Waals surface area contributed by atoms with E-state index in [2.05, 4.69) is 30.9 Å². The molecule has 6 heterocycles. The number of isocyanates is 1. The molecule has 3 amide bonds. The Morgan fingerprint density at radius 2 is 1.57 bits per heavy atom. The third-order valence-corrected chi connectivity index (χ3v) is 9.21. The number of alkyl halides is 3. The quantitative estimate of drug-likeness (QED) is 0.0452. The van der Waals surface area contributed by atoms with Crippen molar-refractivity contribution in [1.82, 2.24) is 24.4 Å². The van der Waals surface area contributed by atoms with Crippen molar-refractivity contribution >= 4 is 75.7 Å². The topological polar surface area (TPSA) is 178 Å². The summed E-state index contributed by atoms with van der Waals surface area (Å²) in [5.74, 6) is -1.11. The van der Waals surface area contributed by atoms with Crippen LogP contribution in [-0.2, 0) is 37.1 Å². The van der Waals surface area contributed by atoms with Crippen LogP contribution in [0.25, 0.3) is 0 Å². The highest BCUT2D eigenvalue weighted by Gasteiger charge is 2.36. The number of carbonyl (C=O) groups is 3. The monoisotopic (exact) mass is 843 g/mol. The van der Waals surface area contributed by atoms with E-state index >= 15 is 0 Å². The van der Waals surface area contributed by atoms with Gasteiger partial charge in [-0.3, -0.25) is 9.59 Å². The van der Waals surface area contributed by atoms with E-state index < -0.39 is 18.2 Å². The zero-order valence-electron chi connectivity index (χ0n) is 29.7. The van der Waals surface area contributed by atoms with Gasteiger partial charge in [-0.15, -0.1) is 0 Å². The molecule has 1 atom stereocenters. The standard InChI is InChI=1S/C17H19Cl2N5O2.C14H13ClFN3O.C4H4F3NO.CH4/c1-9(2)21-17(26)23-14-11-4-3-7-24(11)15(13(14)19)16(25)22-10-5-6-20-12(18)8-10;15-12-13(17)9-2-1-5-19(9)14(12)10(20)6-8-3-4-18-11(16)7-8;1-3(8-2-9)4(5,6)7;/h5-6,8-9H,3-4,7H2,1-2H3,(H,20,22,25)(H2,21,23,26);3-4,7H,1-2,5-6,17H2;3H,1H3;1H4/t;;3-;/m..1./s1. The Morgan fingerprint density at radius 3 is 2.14 bits per heavy atom. The summed E-state index contributed by atoms with van der Waals surface area (Å²) < 4.78 is 50.9. The zero-order chi connectivity index (χ0) is 40.6. The van der Waals surface area contributed by atoms with Crippen LogP contribution < -0.4 is 21.7 Å². The first kappa shape index (κ1) is 45.4. The second-order valence-electron chi connectivity index (χ2n) is 12.6. The van der Waals surface area contributed by atoms with Gasteiger partial charge < -0.3 is 30.8 Å². The van der Waals surface area contributed by atoms with Crippen molar-refractivity contribution in [1.29, 1.82) is 0 Å². The van der Waals surface area contributed by atoms with Crippen LogP contribution in [0.3, 0.4) is 0 Å². The summed E-state index contributed by atoms with van der Waals surface area (Å²) in [4.78, 5) is 56.4. The third kappa shape index (κ3) is 11.3. The minimum Gasteiger partial charge on any atom is -0.396 e. The van der Waals surface area contributed by atoms with Crippen LogP contribution in [0.4, 0.5) is 39.4 Å². The van der Waals surface area contributed by atoms with E-state index in [0.29, 0.717) is 45.6 Å². The predicted octanol–water partition coefficient (Wildman–Crippen LogP) is 8.46. The minimum atomic E-state index is -4.42. The molecule has 5 N–H and O–H groups in total. The van der Waals surface area contributed by atoms with Gasteiger partial charge in [-0.25, -0.2) is 19.6 Å². The highest BCUT2D eigenvalue weighted by atomic mass is 35.5. The summed E-state index contributed by atoms with van der Waals surface area (Å²) in [7, 11) is 0. The summed E-state index contributed by atoms with van der Waals surface area (Å²) in [6.07, 6.45) is 2.76. The molecule has 302 valence electrons. The van der Waals surface area contributed by atoms with E-state index in [1.807, 2.05) is 23.0 Å². The Kier molecular flexibility index (Phi) is 16.0. The number of pyridine rings is 2. The van der Waals surface area contributed by atoms with Crippen molar-refractivity contribution in [3.05, 3.63) is 86.1 Å². The zero-order valence-corrected chi connectivity index (χ0v) is 31.9. The van der Waals surface area contributed by atoms with Gasteiger partial charge in [-0.1, -0.05) is 42.2 Å². The summed E-state index contributed by atoms with van der Waals surface area (Å²) >= 11 is 18.5. The van der Waals surface area contributed by atoms with Gasteiger partial charge in [0.1, 0.15) is 16.5 Å². The fraction of sp³-hybridized carbons (Fsp3) is 0.389. The number of ketones is 1. The fourth-order valence-electron chi connectivity index (χ4n) is 5.80. The summed E-state index contributed by atoms with van der Waals surface area (Å²) in [6, 6.07) is 3.76. The number of nitrogens with two attached hydrogens (primary N) is 1. The maximum Gasteiger partial charge on any atom is 0.411 e. The van der Waals surface area contributed by atoms with Gasteiger partial charge in [0.15, 0.2) is 11.8 Å². The smallest absolute Gasteiger partial charge is 0.396 e. The normalized spacial score (nSPS) is 13.1. The van der Waals surface area contributed by atoms with Gasteiger partial charge in [0.05, 0.1) is 21.4 Å². The average molecular weight is 845 g/mol. The summed E-state index contributed by atoms with van der Waals surface area (Å²) in [5, 5.41) is 9.13. The van der Waals surface area contributed by atoms with Crippen LogP contribution in [-0.4, -0.2) is 61.2 Å². The third-order valence-electron chi connectivity index (χ3n) is 8.25. The first-order chi connectivity index (χ1) is 25.9. The molecular weight excluding hydrogens is 805 g/mol. The van der Waals surface area contributed by atoms with Gasteiger partial charge in [-0.05, 0) is 76.3 Å². The van der Waals surface area contributed by atoms with Crippen LogP contribution >= 0.6 is 34.8 Å². The van der Waals surface area contributed by atoms with E-state index in [9.17, 15) is 36.7 Å². The molecule has 13 nitrogen and oxygen atoms in total. The molecule has 0 unspecified atom stereocenters. The van der Waals surface area contributed by atoms with Crippen molar-refractivity contribution in [2.45, 2.75) is 91.7 Å². The van der Waals surface area contributed by atoms with Crippen molar-refractivity contribution < 1.29 is 36.7 Å². The lowest BCUT2D eigenvalue weighted by atomic mass is 10.1. The van der Waals surface area contributed by atoms with Crippen LogP contribution in [0.5, 0.6) is 0 Å². The molecule has 0 aliphatic carbocycles. The molecule has 0 saturated heterocycles. The average Bonchev–Trinajstić information content (AvgIpc) is 3.86. The van der Waals surface area contributed by atoms with E-state index in [4.69, 9.17) is 40.5 Å². The number of nitrogen functional groups attached to an aromatic ring is 1. The molecule has 2 aliphatic heterocycles. The maximum atomic E-state index is 13.0. The number of rotatable bonds is 8. The molecule has 20 heteroatoms. The molecule has 2 aliphatic rings. The molecule has 4 aromatic heterocycles. The molecule has 4 aromatic rings. The van der Waals surface area contributed by atoms with Crippen LogP contribution in [0.2, 0.25) is 15.2 Å². The molecule has 0 radical (unpaired) electrons.